The van der Waals surface area contributed by atoms with Gasteiger partial charge < -0.3 is 5.32 Å². The van der Waals surface area contributed by atoms with Gasteiger partial charge in [-0.1, -0.05) is 35.3 Å². The van der Waals surface area contributed by atoms with E-state index < -0.39 is 15.9 Å². The minimum Gasteiger partial charge on any atom is -0.322 e. The highest BCUT2D eigenvalue weighted by Gasteiger charge is 2.17. The number of amides is 1. The molecule has 0 radical (unpaired) electrons. The number of nitrogens with one attached hydrogen (secondary N) is 2. The van der Waals surface area contributed by atoms with Crippen LogP contribution in [0, 0.1) is 6.92 Å². The van der Waals surface area contributed by atoms with Crippen LogP contribution in [0.3, 0.4) is 0 Å². The van der Waals surface area contributed by atoms with Crippen molar-refractivity contribution in [2.75, 3.05) is 12.4 Å². The third-order valence-corrected chi connectivity index (χ3v) is 5.58. The fourth-order valence-corrected chi connectivity index (χ4v) is 3.34. The lowest BCUT2D eigenvalue weighted by molar-refractivity contribution is 0.102. The van der Waals surface area contributed by atoms with Gasteiger partial charge in [-0.25, -0.2) is 13.1 Å². The highest BCUT2D eigenvalue weighted by molar-refractivity contribution is 7.89. The number of carbonyl (C=O) groups excluding carboxylic acids is 1. The lowest BCUT2D eigenvalue weighted by Crippen LogP contribution is -2.20. The van der Waals surface area contributed by atoms with Crippen LogP contribution in [0.1, 0.15) is 15.9 Å². The molecule has 0 heterocycles. The van der Waals surface area contributed by atoms with E-state index >= 15 is 0 Å². The summed E-state index contributed by atoms with van der Waals surface area (Å²) in [5.41, 5.74) is 1.11. The van der Waals surface area contributed by atoms with Crippen LogP contribution in [0.5, 0.6) is 0 Å². The molecule has 2 aromatic carbocycles. The first-order chi connectivity index (χ1) is 10.8. The van der Waals surface area contributed by atoms with Crippen LogP contribution < -0.4 is 10.0 Å². The van der Waals surface area contributed by atoms with Crippen molar-refractivity contribution in [3.8, 4) is 0 Å². The van der Waals surface area contributed by atoms with Crippen LogP contribution in [0.15, 0.2) is 41.3 Å². The van der Waals surface area contributed by atoms with Gasteiger partial charge >= 0.3 is 0 Å². The zero-order chi connectivity index (χ0) is 17.2. The van der Waals surface area contributed by atoms with Crippen LogP contribution >= 0.6 is 23.2 Å². The first-order valence-electron chi connectivity index (χ1n) is 6.56. The summed E-state index contributed by atoms with van der Waals surface area (Å²) in [5, 5.41) is 3.02. The average molecular weight is 373 g/mol. The molecule has 0 aromatic heterocycles. The number of anilines is 1. The van der Waals surface area contributed by atoms with E-state index in [1.165, 1.54) is 19.2 Å². The van der Waals surface area contributed by atoms with E-state index in [0.717, 1.165) is 0 Å². The maximum Gasteiger partial charge on any atom is 0.257 e. The molecule has 23 heavy (non-hydrogen) atoms. The maximum atomic E-state index is 12.3. The molecule has 122 valence electrons. The molecule has 0 unspecified atom stereocenters. The van der Waals surface area contributed by atoms with Crippen LogP contribution in [0.25, 0.3) is 0 Å². The molecule has 8 heteroatoms. The van der Waals surface area contributed by atoms with Gasteiger partial charge in [0.15, 0.2) is 0 Å². The van der Waals surface area contributed by atoms with Crippen LogP contribution in [0.4, 0.5) is 5.69 Å². The zero-order valence-electron chi connectivity index (χ0n) is 12.4. The quantitative estimate of drug-likeness (QED) is 0.862. The third-order valence-electron chi connectivity index (χ3n) is 3.20. The predicted octanol–water partition coefficient (Wildman–Crippen LogP) is 3.46. The number of benzene rings is 2. The van der Waals surface area contributed by atoms with Gasteiger partial charge in [-0.2, -0.15) is 0 Å². The number of aryl methyl sites for hydroxylation is 1. The Balaban J connectivity index is 2.36. The van der Waals surface area contributed by atoms with Crippen molar-refractivity contribution in [2.45, 2.75) is 11.8 Å². The zero-order valence-corrected chi connectivity index (χ0v) is 14.7. The molecular weight excluding hydrogens is 359 g/mol. The molecule has 0 bridgehead atoms. The Morgan fingerprint density at radius 2 is 1.83 bits per heavy atom. The fraction of sp³-hybridized carbons (Fsp3) is 0.133. The van der Waals surface area contributed by atoms with Crippen molar-refractivity contribution < 1.29 is 13.2 Å². The molecule has 2 aromatic rings. The van der Waals surface area contributed by atoms with E-state index in [0.29, 0.717) is 11.3 Å². The van der Waals surface area contributed by atoms with E-state index in [1.54, 1.807) is 31.2 Å². The van der Waals surface area contributed by atoms with Crippen molar-refractivity contribution in [3.63, 3.8) is 0 Å². The summed E-state index contributed by atoms with van der Waals surface area (Å²) in [4.78, 5) is 12.4. The Labute approximate surface area is 144 Å². The lowest BCUT2D eigenvalue weighted by atomic mass is 10.2. The first-order valence-corrected chi connectivity index (χ1v) is 8.79. The SMILES string of the molecule is CNS(=O)(=O)c1cc(NC(=O)c2cccc(Cl)c2Cl)ccc1C. The third kappa shape index (κ3) is 3.84. The van der Waals surface area contributed by atoms with Gasteiger partial charge in [-0.3, -0.25) is 4.79 Å². The van der Waals surface area contributed by atoms with E-state index in [-0.39, 0.29) is 20.5 Å². The predicted molar refractivity (Wildman–Crippen MR) is 91.8 cm³/mol. The van der Waals surface area contributed by atoms with Gasteiger partial charge in [-0.15, -0.1) is 0 Å². The van der Waals surface area contributed by atoms with Gasteiger partial charge in [0.25, 0.3) is 5.91 Å². The summed E-state index contributed by atoms with van der Waals surface area (Å²) in [6, 6.07) is 9.32. The fourth-order valence-electron chi connectivity index (χ4n) is 1.95. The summed E-state index contributed by atoms with van der Waals surface area (Å²) in [6.45, 7) is 1.67. The molecule has 0 aliphatic carbocycles. The monoisotopic (exact) mass is 372 g/mol. The van der Waals surface area contributed by atoms with Crippen molar-refractivity contribution in [2.24, 2.45) is 0 Å². The van der Waals surface area contributed by atoms with Crippen molar-refractivity contribution in [1.82, 2.24) is 4.72 Å². The van der Waals surface area contributed by atoms with Crippen LogP contribution in [-0.2, 0) is 10.0 Å². The molecule has 0 saturated carbocycles. The summed E-state index contributed by atoms with van der Waals surface area (Å²) in [5.74, 6) is -0.478. The standard InChI is InChI=1S/C15H14Cl2N2O3S/c1-9-6-7-10(8-13(9)23(21,22)18-2)19-15(20)11-4-3-5-12(16)14(11)17/h3-8,18H,1-2H3,(H,19,20). The second-order valence-electron chi connectivity index (χ2n) is 4.74. The van der Waals surface area contributed by atoms with Crippen molar-refractivity contribution >= 4 is 44.8 Å². The summed E-state index contributed by atoms with van der Waals surface area (Å²) < 4.78 is 26.2. The molecule has 0 aliphatic heterocycles. The second-order valence-corrected chi connectivity index (χ2v) is 7.38. The minimum atomic E-state index is -3.62. The highest BCUT2D eigenvalue weighted by Crippen LogP contribution is 2.27. The molecule has 1 amide bonds. The Bertz CT molecular complexity index is 867. The maximum absolute atomic E-state index is 12.3. The average Bonchev–Trinajstić information content (AvgIpc) is 2.51. The number of hydrogen-bond acceptors (Lipinski definition) is 3. The van der Waals surface area contributed by atoms with Gasteiger partial charge in [0.05, 0.1) is 20.5 Å². The molecule has 5 nitrogen and oxygen atoms in total. The summed E-state index contributed by atoms with van der Waals surface area (Å²) in [6.07, 6.45) is 0. The second kappa shape index (κ2) is 6.88. The largest absolute Gasteiger partial charge is 0.322 e. The Hall–Kier alpha value is -1.60. The number of carbonyl (C=O) groups is 1. The number of rotatable bonds is 4. The number of sulfonamides is 1. The summed E-state index contributed by atoms with van der Waals surface area (Å²) >= 11 is 11.9. The van der Waals surface area contributed by atoms with E-state index in [4.69, 9.17) is 23.2 Å². The number of halogens is 2. The van der Waals surface area contributed by atoms with Gasteiger partial charge in [0.1, 0.15) is 0 Å². The molecule has 0 atom stereocenters. The van der Waals surface area contributed by atoms with Gasteiger partial charge in [0, 0.05) is 5.69 Å². The normalized spacial score (nSPS) is 11.3. The Kier molecular flexibility index (Phi) is 5.31. The Morgan fingerprint density at radius 1 is 1.13 bits per heavy atom. The molecule has 0 fully saturated rings. The van der Waals surface area contributed by atoms with Crippen molar-refractivity contribution in [1.29, 1.82) is 0 Å². The first kappa shape index (κ1) is 17.7. The van der Waals surface area contributed by atoms with Crippen molar-refractivity contribution in [3.05, 3.63) is 57.6 Å². The highest BCUT2D eigenvalue weighted by atomic mass is 35.5. The molecule has 2 N–H and O–H groups in total. The van der Waals surface area contributed by atoms with Crippen LogP contribution in [0.2, 0.25) is 10.0 Å². The number of hydrogen-bond donors (Lipinski definition) is 2. The van der Waals surface area contributed by atoms with Gasteiger partial charge in [-0.05, 0) is 43.8 Å². The molecule has 0 aliphatic rings. The topological polar surface area (TPSA) is 75.3 Å². The van der Waals surface area contributed by atoms with E-state index in [2.05, 4.69) is 10.0 Å². The van der Waals surface area contributed by atoms with Gasteiger partial charge in [0.2, 0.25) is 10.0 Å². The molecular formula is C15H14Cl2N2O3S. The molecule has 0 saturated heterocycles. The Morgan fingerprint density at radius 3 is 2.48 bits per heavy atom. The lowest BCUT2D eigenvalue weighted by Gasteiger charge is -2.11. The van der Waals surface area contributed by atoms with E-state index in [1.807, 2.05) is 0 Å². The summed E-state index contributed by atoms with van der Waals surface area (Å²) in [7, 11) is -2.29. The minimum absolute atomic E-state index is 0.0926. The van der Waals surface area contributed by atoms with E-state index in [9.17, 15) is 13.2 Å². The molecule has 2 rings (SSSR count). The van der Waals surface area contributed by atoms with Crippen LogP contribution in [-0.4, -0.2) is 21.4 Å². The smallest absolute Gasteiger partial charge is 0.257 e. The molecule has 0 spiro atoms.